The number of rotatable bonds is 3. The molecule has 0 atom stereocenters. The van der Waals surface area contributed by atoms with Gasteiger partial charge in [-0.05, 0) is 29.8 Å². The van der Waals surface area contributed by atoms with Gasteiger partial charge in [-0.15, -0.1) is 0 Å². The number of methoxy groups -OCH3 is 1. The van der Waals surface area contributed by atoms with Gasteiger partial charge in [0, 0.05) is 12.6 Å². The lowest BCUT2D eigenvalue weighted by atomic mass is 10.1. The van der Waals surface area contributed by atoms with Crippen molar-refractivity contribution in [2.75, 3.05) is 12.8 Å². The minimum absolute atomic E-state index is 0.258. The fraction of sp³-hybridized carbons (Fsp3) is 0.133. The van der Waals surface area contributed by atoms with E-state index in [2.05, 4.69) is 4.98 Å². The van der Waals surface area contributed by atoms with Gasteiger partial charge in [-0.1, -0.05) is 12.1 Å². The van der Waals surface area contributed by atoms with E-state index < -0.39 is 0 Å². The summed E-state index contributed by atoms with van der Waals surface area (Å²) >= 11 is 0. The molecule has 0 fully saturated rings. The molecule has 4 nitrogen and oxygen atoms in total. The third-order valence-corrected chi connectivity index (χ3v) is 3.25. The summed E-state index contributed by atoms with van der Waals surface area (Å²) in [7, 11) is 1.62. The van der Waals surface area contributed by atoms with Crippen molar-refractivity contribution >= 4 is 11.5 Å². The van der Waals surface area contributed by atoms with Crippen LogP contribution < -0.4 is 10.5 Å². The van der Waals surface area contributed by atoms with E-state index in [9.17, 15) is 4.39 Å². The predicted molar refractivity (Wildman–Crippen MR) is 75.4 cm³/mol. The number of fused-ring (bicyclic) bond motifs is 1. The van der Waals surface area contributed by atoms with Crippen molar-refractivity contribution in [3.8, 4) is 5.75 Å². The van der Waals surface area contributed by atoms with Crippen LogP contribution in [0.5, 0.6) is 5.75 Å². The molecule has 2 heterocycles. The van der Waals surface area contributed by atoms with E-state index in [0.717, 1.165) is 11.3 Å². The number of hydrogen-bond acceptors (Lipinski definition) is 3. The van der Waals surface area contributed by atoms with Gasteiger partial charge in [0.25, 0.3) is 0 Å². The molecule has 3 rings (SSSR count). The minimum Gasteiger partial charge on any atom is -0.497 e. The molecule has 1 aromatic carbocycles. The van der Waals surface area contributed by atoms with Gasteiger partial charge >= 0.3 is 0 Å². The fourth-order valence-electron chi connectivity index (χ4n) is 2.17. The average Bonchev–Trinajstić information content (AvgIpc) is 2.79. The Kier molecular flexibility index (Phi) is 3.02. The SMILES string of the molecule is COc1ccc(Cc2nc3c(F)cccn3c2N)cc1. The highest BCUT2D eigenvalue weighted by molar-refractivity contribution is 5.54. The highest BCUT2D eigenvalue weighted by atomic mass is 19.1. The molecule has 2 N–H and O–H groups in total. The molecule has 0 aliphatic rings. The lowest BCUT2D eigenvalue weighted by Gasteiger charge is -2.02. The molecule has 0 saturated heterocycles. The molecule has 5 heteroatoms. The Bertz CT molecular complexity index is 750. The molecule has 102 valence electrons. The Morgan fingerprint density at radius 3 is 2.65 bits per heavy atom. The van der Waals surface area contributed by atoms with Crippen molar-refractivity contribution in [2.24, 2.45) is 0 Å². The van der Waals surface area contributed by atoms with Crippen LogP contribution in [0.25, 0.3) is 5.65 Å². The first-order chi connectivity index (χ1) is 9.69. The molecular weight excluding hydrogens is 257 g/mol. The van der Waals surface area contributed by atoms with Gasteiger partial charge in [-0.2, -0.15) is 0 Å². The number of halogens is 1. The van der Waals surface area contributed by atoms with Gasteiger partial charge in [0.05, 0.1) is 12.8 Å². The number of imidazole rings is 1. The molecule has 3 aromatic rings. The maximum Gasteiger partial charge on any atom is 0.175 e. The van der Waals surface area contributed by atoms with Gasteiger partial charge in [0.15, 0.2) is 11.5 Å². The Morgan fingerprint density at radius 2 is 2.00 bits per heavy atom. The Morgan fingerprint density at radius 1 is 1.25 bits per heavy atom. The maximum atomic E-state index is 13.7. The molecule has 0 aliphatic carbocycles. The summed E-state index contributed by atoms with van der Waals surface area (Å²) in [6.45, 7) is 0. The van der Waals surface area contributed by atoms with Gasteiger partial charge < -0.3 is 10.5 Å². The number of anilines is 1. The summed E-state index contributed by atoms with van der Waals surface area (Å²) in [5.41, 5.74) is 7.99. The van der Waals surface area contributed by atoms with Crippen molar-refractivity contribution < 1.29 is 9.13 Å². The zero-order valence-electron chi connectivity index (χ0n) is 11.0. The van der Waals surface area contributed by atoms with Crippen LogP contribution in [0, 0.1) is 5.82 Å². The first-order valence-electron chi connectivity index (χ1n) is 6.23. The lowest BCUT2D eigenvalue weighted by molar-refractivity contribution is 0.414. The van der Waals surface area contributed by atoms with Crippen molar-refractivity contribution in [2.45, 2.75) is 6.42 Å². The second-order valence-electron chi connectivity index (χ2n) is 4.52. The van der Waals surface area contributed by atoms with Gasteiger partial charge in [0.2, 0.25) is 0 Å². The number of pyridine rings is 1. The minimum atomic E-state index is -0.375. The third-order valence-electron chi connectivity index (χ3n) is 3.25. The van der Waals surface area contributed by atoms with E-state index >= 15 is 0 Å². The van der Waals surface area contributed by atoms with Crippen LogP contribution in [0.4, 0.5) is 10.2 Å². The monoisotopic (exact) mass is 271 g/mol. The van der Waals surface area contributed by atoms with Crippen LogP contribution in [-0.2, 0) is 6.42 Å². The van der Waals surface area contributed by atoms with Crippen LogP contribution in [0.15, 0.2) is 42.6 Å². The smallest absolute Gasteiger partial charge is 0.175 e. The number of benzene rings is 1. The number of hydrogen-bond donors (Lipinski definition) is 1. The molecule has 0 unspecified atom stereocenters. The zero-order valence-corrected chi connectivity index (χ0v) is 11.0. The molecule has 2 aromatic heterocycles. The van der Waals surface area contributed by atoms with Crippen LogP contribution in [-0.4, -0.2) is 16.5 Å². The lowest BCUT2D eigenvalue weighted by Crippen LogP contribution is -1.97. The van der Waals surface area contributed by atoms with E-state index in [-0.39, 0.29) is 11.5 Å². The zero-order chi connectivity index (χ0) is 14.1. The predicted octanol–water partition coefficient (Wildman–Crippen LogP) is 2.66. The quantitative estimate of drug-likeness (QED) is 0.796. The number of ether oxygens (including phenoxy) is 1. The summed E-state index contributed by atoms with van der Waals surface area (Å²) in [6, 6.07) is 10.6. The molecule has 20 heavy (non-hydrogen) atoms. The summed E-state index contributed by atoms with van der Waals surface area (Å²) in [4.78, 5) is 4.28. The van der Waals surface area contributed by atoms with Crippen molar-refractivity contribution in [1.29, 1.82) is 0 Å². The number of nitrogen functional groups attached to an aromatic ring is 1. The summed E-state index contributed by atoms with van der Waals surface area (Å²) < 4.78 is 20.3. The summed E-state index contributed by atoms with van der Waals surface area (Å²) in [6.07, 6.45) is 2.26. The highest BCUT2D eigenvalue weighted by Crippen LogP contribution is 2.21. The van der Waals surface area contributed by atoms with E-state index in [0.29, 0.717) is 17.9 Å². The van der Waals surface area contributed by atoms with Crippen LogP contribution in [0.3, 0.4) is 0 Å². The molecule has 0 spiro atoms. The normalized spacial score (nSPS) is 10.9. The van der Waals surface area contributed by atoms with Crippen LogP contribution in [0.1, 0.15) is 11.3 Å². The van der Waals surface area contributed by atoms with E-state index in [1.165, 1.54) is 6.07 Å². The van der Waals surface area contributed by atoms with Crippen molar-refractivity contribution in [3.63, 3.8) is 0 Å². The Balaban J connectivity index is 1.97. The number of aromatic nitrogens is 2. The van der Waals surface area contributed by atoms with E-state index in [4.69, 9.17) is 10.5 Å². The van der Waals surface area contributed by atoms with E-state index in [1.54, 1.807) is 23.8 Å². The average molecular weight is 271 g/mol. The molecule has 0 radical (unpaired) electrons. The maximum absolute atomic E-state index is 13.7. The molecule has 0 saturated carbocycles. The Labute approximate surface area is 115 Å². The summed E-state index contributed by atoms with van der Waals surface area (Å²) in [5.74, 6) is 0.887. The largest absolute Gasteiger partial charge is 0.497 e. The van der Waals surface area contributed by atoms with Crippen molar-refractivity contribution in [3.05, 3.63) is 59.7 Å². The topological polar surface area (TPSA) is 52.5 Å². The molecule has 0 amide bonds. The second kappa shape index (κ2) is 4.85. The van der Waals surface area contributed by atoms with Crippen LogP contribution >= 0.6 is 0 Å². The van der Waals surface area contributed by atoms with Gasteiger partial charge in [-0.3, -0.25) is 4.40 Å². The second-order valence-corrected chi connectivity index (χ2v) is 4.52. The van der Waals surface area contributed by atoms with Crippen LogP contribution in [0.2, 0.25) is 0 Å². The van der Waals surface area contributed by atoms with Crippen molar-refractivity contribution in [1.82, 2.24) is 9.38 Å². The number of nitrogens with two attached hydrogens (primary N) is 1. The molecule has 0 bridgehead atoms. The Hall–Kier alpha value is -2.56. The standard InChI is InChI=1S/C15H14FN3O/c1-20-11-6-4-10(5-7-11)9-13-14(17)19-8-2-3-12(16)15(19)18-13/h2-8H,9,17H2,1H3. The van der Waals surface area contributed by atoms with E-state index in [1.807, 2.05) is 24.3 Å². The van der Waals surface area contributed by atoms with Gasteiger partial charge in [0.1, 0.15) is 11.6 Å². The first kappa shape index (κ1) is 12.5. The third kappa shape index (κ3) is 2.07. The molecule has 0 aliphatic heterocycles. The number of nitrogens with zero attached hydrogens (tertiary/aromatic N) is 2. The molecular formula is C15H14FN3O. The highest BCUT2D eigenvalue weighted by Gasteiger charge is 2.12. The van der Waals surface area contributed by atoms with Gasteiger partial charge in [-0.25, -0.2) is 9.37 Å². The first-order valence-corrected chi connectivity index (χ1v) is 6.23. The fourth-order valence-corrected chi connectivity index (χ4v) is 2.17. The summed E-state index contributed by atoms with van der Waals surface area (Å²) in [5, 5.41) is 0.